The van der Waals surface area contributed by atoms with Crippen molar-refractivity contribution in [3.63, 3.8) is 0 Å². The van der Waals surface area contributed by atoms with E-state index in [2.05, 4.69) is 126 Å². The Balaban J connectivity index is 1.27. The zero-order valence-corrected chi connectivity index (χ0v) is 25.6. The van der Waals surface area contributed by atoms with Crippen LogP contribution in [-0.4, -0.2) is 15.0 Å². The second-order valence-electron chi connectivity index (χ2n) is 10.9. The van der Waals surface area contributed by atoms with Crippen LogP contribution in [0, 0.1) is 0 Å². The smallest absolute Gasteiger partial charge is 0.238 e. The largest absolute Gasteiger partial charge is 0.279 e. The number of para-hydroxylation sites is 1. The van der Waals surface area contributed by atoms with Crippen LogP contribution in [0.5, 0.6) is 0 Å². The molecule has 0 aliphatic rings. The lowest BCUT2D eigenvalue weighted by atomic mass is 10.1. The molecule has 6 aromatic carbocycles. The highest BCUT2D eigenvalue weighted by Crippen LogP contribution is 2.41. The minimum absolute atomic E-state index is 0.570. The Labute approximate surface area is 267 Å². The van der Waals surface area contributed by atoms with Crippen LogP contribution < -0.4 is 4.90 Å². The predicted octanol–water partition coefficient (Wildman–Crippen LogP) is 11.4. The summed E-state index contributed by atoms with van der Waals surface area (Å²) in [6.45, 7) is 0. The van der Waals surface area contributed by atoms with Gasteiger partial charge in [-0.15, -0.1) is 22.7 Å². The number of fused-ring (bicyclic) bond motifs is 6. The number of benzene rings is 6. The van der Waals surface area contributed by atoms with E-state index >= 15 is 0 Å². The molecule has 6 heteroatoms. The average molecular weight is 613 g/mol. The van der Waals surface area contributed by atoms with Crippen molar-refractivity contribution in [1.29, 1.82) is 0 Å². The molecule has 0 bridgehead atoms. The van der Waals surface area contributed by atoms with Gasteiger partial charge in [0.15, 0.2) is 11.6 Å². The van der Waals surface area contributed by atoms with E-state index < -0.39 is 0 Å². The normalized spacial score (nSPS) is 11.6. The molecular formula is C39H24N4S2. The first-order chi connectivity index (χ1) is 22.3. The fourth-order valence-corrected chi connectivity index (χ4v) is 8.21. The molecule has 3 aromatic heterocycles. The van der Waals surface area contributed by atoms with Gasteiger partial charge in [0.2, 0.25) is 5.95 Å². The Hall–Kier alpha value is -5.43. The molecule has 3 heterocycles. The molecule has 0 saturated heterocycles. The molecule has 0 amide bonds. The first kappa shape index (κ1) is 26.0. The third-order valence-corrected chi connectivity index (χ3v) is 10.4. The summed E-state index contributed by atoms with van der Waals surface area (Å²) in [5.41, 5.74) is 3.88. The van der Waals surface area contributed by atoms with E-state index in [1.807, 2.05) is 46.9 Å². The van der Waals surface area contributed by atoms with E-state index in [9.17, 15) is 0 Å². The quantitative estimate of drug-likeness (QED) is 0.194. The first-order valence-electron chi connectivity index (χ1n) is 14.8. The number of anilines is 3. The van der Waals surface area contributed by atoms with Gasteiger partial charge in [-0.25, -0.2) is 4.98 Å². The zero-order valence-electron chi connectivity index (χ0n) is 24.0. The van der Waals surface area contributed by atoms with Gasteiger partial charge in [-0.1, -0.05) is 91.0 Å². The number of rotatable bonds is 5. The monoisotopic (exact) mass is 612 g/mol. The second kappa shape index (κ2) is 10.6. The van der Waals surface area contributed by atoms with Gasteiger partial charge in [-0.05, 0) is 54.6 Å². The highest BCUT2D eigenvalue weighted by molar-refractivity contribution is 7.26. The molecule has 0 saturated carbocycles. The molecule has 0 fully saturated rings. The molecule has 45 heavy (non-hydrogen) atoms. The van der Waals surface area contributed by atoms with Crippen LogP contribution in [0.2, 0.25) is 0 Å². The lowest BCUT2D eigenvalue weighted by Gasteiger charge is -2.24. The molecule has 0 spiro atoms. The van der Waals surface area contributed by atoms with Crippen LogP contribution in [-0.2, 0) is 0 Å². The van der Waals surface area contributed by atoms with Crippen molar-refractivity contribution in [2.75, 3.05) is 4.90 Å². The summed E-state index contributed by atoms with van der Waals surface area (Å²) in [6.07, 6.45) is 0. The first-order valence-corrected chi connectivity index (χ1v) is 16.4. The van der Waals surface area contributed by atoms with Crippen LogP contribution in [0.25, 0.3) is 63.1 Å². The van der Waals surface area contributed by atoms with E-state index in [-0.39, 0.29) is 0 Å². The molecule has 0 aliphatic heterocycles. The maximum absolute atomic E-state index is 5.19. The summed E-state index contributed by atoms with van der Waals surface area (Å²) in [6, 6.07) is 50.8. The fourth-order valence-electron chi connectivity index (χ4n) is 5.99. The standard InChI is InChI=1S/C39H24N4S2/c1-3-11-25(12-4-1)37-40-38(26-19-22-35-32(23-26)30-16-8-10-18-34(30)44-35)42-39(41-37)43(27-13-5-2-6-14-27)28-20-21-31-29-15-7-9-17-33(29)45-36(31)24-28/h1-24H. The lowest BCUT2D eigenvalue weighted by molar-refractivity contribution is 1.02. The van der Waals surface area contributed by atoms with Gasteiger partial charge in [0.25, 0.3) is 0 Å². The van der Waals surface area contributed by atoms with Crippen LogP contribution in [0.15, 0.2) is 146 Å². The molecule has 212 valence electrons. The number of nitrogens with zero attached hydrogens (tertiary/aromatic N) is 4. The predicted molar refractivity (Wildman–Crippen MR) is 191 cm³/mol. The molecule has 0 atom stereocenters. The Bertz CT molecular complexity index is 2500. The van der Waals surface area contributed by atoms with E-state index in [0.717, 1.165) is 22.5 Å². The summed E-state index contributed by atoms with van der Waals surface area (Å²) in [5, 5.41) is 5.00. The third-order valence-electron chi connectivity index (χ3n) is 8.13. The fraction of sp³-hybridized carbons (Fsp3) is 0. The van der Waals surface area contributed by atoms with Crippen molar-refractivity contribution in [1.82, 2.24) is 15.0 Å². The Kier molecular flexibility index (Phi) is 6.14. The topological polar surface area (TPSA) is 41.9 Å². The summed E-state index contributed by atoms with van der Waals surface area (Å²) in [7, 11) is 0. The van der Waals surface area contributed by atoms with Crippen molar-refractivity contribution in [2.24, 2.45) is 0 Å². The summed E-state index contributed by atoms with van der Waals surface area (Å²) >= 11 is 3.62. The van der Waals surface area contributed by atoms with E-state index in [4.69, 9.17) is 15.0 Å². The molecule has 0 unspecified atom stereocenters. The summed E-state index contributed by atoms with van der Waals surface area (Å²) in [5.74, 6) is 1.84. The van der Waals surface area contributed by atoms with Crippen molar-refractivity contribution in [2.45, 2.75) is 0 Å². The van der Waals surface area contributed by atoms with Gasteiger partial charge in [-0.2, -0.15) is 9.97 Å². The van der Waals surface area contributed by atoms with Crippen molar-refractivity contribution >= 4 is 80.3 Å². The van der Waals surface area contributed by atoms with Gasteiger partial charge in [0.05, 0.1) is 5.69 Å². The van der Waals surface area contributed by atoms with E-state index in [1.54, 1.807) is 0 Å². The highest BCUT2D eigenvalue weighted by Gasteiger charge is 2.21. The Morgan fingerprint density at radius 3 is 1.71 bits per heavy atom. The van der Waals surface area contributed by atoms with Gasteiger partial charge >= 0.3 is 0 Å². The Morgan fingerprint density at radius 2 is 0.956 bits per heavy atom. The SMILES string of the molecule is c1ccc(-c2nc(-c3ccc4sc5ccccc5c4c3)nc(N(c3ccccc3)c3ccc4c(c3)sc3ccccc34)n2)cc1. The molecule has 9 aromatic rings. The summed E-state index contributed by atoms with van der Waals surface area (Å²) < 4.78 is 5.03. The van der Waals surface area contributed by atoms with Gasteiger partial charge in [0, 0.05) is 57.2 Å². The van der Waals surface area contributed by atoms with Gasteiger partial charge in [0.1, 0.15) is 0 Å². The van der Waals surface area contributed by atoms with Crippen molar-refractivity contribution in [3.05, 3.63) is 146 Å². The maximum Gasteiger partial charge on any atom is 0.238 e. The van der Waals surface area contributed by atoms with Crippen molar-refractivity contribution in [3.8, 4) is 22.8 Å². The molecule has 4 nitrogen and oxygen atoms in total. The minimum Gasteiger partial charge on any atom is -0.279 e. The van der Waals surface area contributed by atoms with Crippen molar-refractivity contribution < 1.29 is 0 Å². The zero-order chi connectivity index (χ0) is 29.7. The average Bonchev–Trinajstić information content (AvgIpc) is 3.67. The van der Waals surface area contributed by atoms with Crippen LogP contribution in [0.1, 0.15) is 0 Å². The van der Waals surface area contributed by atoms with Crippen LogP contribution in [0.3, 0.4) is 0 Å². The molecular weight excluding hydrogens is 589 g/mol. The summed E-state index contributed by atoms with van der Waals surface area (Å²) in [4.78, 5) is 17.5. The molecule has 0 aliphatic carbocycles. The Morgan fingerprint density at radius 1 is 0.378 bits per heavy atom. The van der Waals surface area contributed by atoms with Gasteiger partial charge in [-0.3, -0.25) is 4.90 Å². The maximum atomic E-state index is 5.19. The molecule has 0 radical (unpaired) electrons. The van der Waals surface area contributed by atoms with Gasteiger partial charge < -0.3 is 0 Å². The molecule has 0 N–H and O–H groups in total. The second-order valence-corrected chi connectivity index (χ2v) is 13.1. The minimum atomic E-state index is 0.570. The van der Waals surface area contributed by atoms with Crippen LogP contribution in [0.4, 0.5) is 17.3 Å². The highest BCUT2D eigenvalue weighted by atomic mass is 32.1. The number of hydrogen-bond donors (Lipinski definition) is 0. The van der Waals surface area contributed by atoms with E-state index in [0.29, 0.717) is 17.6 Å². The van der Waals surface area contributed by atoms with Crippen LogP contribution >= 0.6 is 22.7 Å². The van der Waals surface area contributed by atoms with E-state index in [1.165, 1.54) is 40.3 Å². The number of thiophene rings is 2. The number of hydrogen-bond acceptors (Lipinski definition) is 6. The third kappa shape index (κ3) is 4.54. The molecule has 9 rings (SSSR count). The lowest BCUT2D eigenvalue weighted by Crippen LogP contribution is -2.15. The number of aromatic nitrogens is 3.